The number of primary amides is 1. The Labute approximate surface area is 122 Å². The number of carbonyl (C=O) groups is 1. The van der Waals surface area contributed by atoms with E-state index in [1.807, 2.05) is 0 Å². The van der Waals surface area contributed by atoms with Crippen molar-refractivity contribution < 1.29 is 13.2 Å². The van der Waals surface area contributed by atoms with E-state index in [4.69, 9.17) is 5.73 Å². The minimum Gasteiger partial charge on any atom is -0.369 e. The zero-order valence-electron chi connectivity index (χ0n) is 11.2. The molecule has 1 saturated heterocycles. The second-order valence-electron chi connectivity index (χ2n) is 4.70. The maximum atomic E-state index is 12.6. The molecule has 3 N–H and O–H groups in total. The average Bonchev–Trinajstić information content (AvgIpc) is 2.84. The third kappa shape index (κ3) is 3.35. The Morgan fingerprint density at radius 1 is 1.55 bits per heavy atom. The molecule has 1 aromatic heterocycles. The highest BCUT2D eigenvalue weighted by Crippen LogP contribution is 2.26. The molecule has 1 aromatic rings. The molecule has 0 radical (unpaired) electrons. The van der Waals surface area contributed by atoms with Crippen molar-refractivity contribution in [3.05, 3.63) is 11.2 Å². The summed E-state index contributed by atoms with van der Waals surface area (Å²) in [6.45, 7) is 2.92. The molecule has 2 heterocycles. The fraction of sp³-hybridized carbons (Fsp3) is 0.636. The lowest BCUT2D eigenvalue weighted by molar-refractivity contribution is -0.118. The number of hydrogen-bond donors (Lipinski definition) is 2. The molecule has 0 atom stereocenters. The van der Waals surface area contributed by atoms with E-state index in [-0.39, 0.29) is 16.8 Å². The third-order valence-electron chi connectivity index (χ3n) is 3.19. The minimum absolute atomic E-state index is 0.162. The molecule has 0 aliphatic carbocycles. The van der Waals surface area contributed by atoms with E-state index in [0.29, 0.717) is 17.8 Å². The Morgan fingerprint density at radius 3 is 2.70 bits per heavy atom. The molecule has 7 nitrogen and oxygen atoms in total. The van der Waals surface area contributed by atoms with Crippen LogP contribution in [-0.4, -0.2) is 49.3 Å². The number of carbonyl (C=O) groups excluding carboxylic acids is 1. The molecular weight excluding hydrogens is 300 g/mol. The highest BCUT2D eigenvalue weighted by Gasteiger charge is 2.34. The molecule has 9 heteroatoms. The zero-order chi connectivity index (χ0) is 14.8. The number of aryl methyl sites for hydroxylation is 1. The van der Waals surface area contributed by atoms with Gasteiger partial charge in [-0.15, -0.1) is 11.3 Å². The van der Waals surface area contributed by atoms with Crippen LogP contribution in [0, 0.1) is 6.92 Å². The van der Waals surface area contributed by atoms with Gasteiger partial charge in [0, 0.05) is 6.04 Å². The Balaban J connectivity index is 2.31. The molecule has 0 aromatic carbocycles. The summed E-state index contributed by atoms with van der Waals surface area (Å²) in [5.74, 6) is -0.645. The first-order valence-corrected chi connectivity index (χ1v) is 8.60. The summed E-state index contributed by atoms with van der Waals surface area (Å²) in [7, 11) is -3.71. The van der Waals surface area contributed by atoms with Crippen LogP contribution in [0.3, 0.4) is 0 Å². The fourth-order valence-corrected chi connectivity index (χ4v) is 5.13. The summed E-state index contributed by atoms with van der Waals surface area (Å²) in [5.41, 5.74) is 5.21. The smallest absolute Gasteiger partial charge is 0.254 e. The Morgan fingerprint density at radius 2 is 2.20 bits per heavy atom. The van der Waals surface area contributed by atoms with Gasteiger partial charge in [0.05, 0.1) is 17.7 Å². The van der Waals surface area contributed by atoms with Crippen LogP contribution in [0.4, 0.5) is 0 Å². The van der Waals surface area contributed by atoms with Crippen molar-refractivity contribution in [2.24, 2.45) is 5.73 Å². The number of sulfonamides is 1. The van der Waals surface area contributed by atoms with E-state index in [2.05, 4.69) is 10.3 Å². The van der Waals surface area contributed by atoms with Gasteiger partial charge in [-0.25, -0.2) is 13.4 Å². The lowest BCUT2D eigenvalue weighted by atomic mass is 10.1. The van der Waals surface area contributed by atoms with E-state index in [9.17, 15) is 13.2 Å². The molecule has 1 aliphatic rings. The zero-order valence-corrected chi connectivity index (χ0v) is 12.8. The van der Waals surface area contributed by atoms with Gasteiger partial charge in [-0.2, -0.15) is 4.31 Å². The number of amides is 1. The number of aromatic nitrogens is 1. The molecule has 0 spiro atoms. The van der Waals surface area contributed by atoms with Gasteiger partial charge in [-0.1, -0.05) is 0 Å². The van der Waals surface area contributed by atoms with E-state index >= 15 is 0 Å². The van der Waals surface area contributed by atoms with Gasteiger partial charge in [0.25, 0.3) is 10.0 Å². The normalized spacial score (nSPS) is 17.5. The molecule has 20 heavy (non-hydrogen) atoms. The number of nitrogens with zero attached hydrogens (tertiary/aromatic N) is 2. The summed E-state index contributed by atoms with van der Waals surface area (Å²) >= 11 is 1.11. The lowest BCUT2D eigenvalue weighted by Crippen LogP contribution is -2.49. The average molecular weight is 318 g/mol. The molecule has 1 amide bonds. The fourth-order valence-electron chi connectivity index (χ4n) is 2.24. The second kappa shape index (κ2) is 6.17. The molecule has 0 saturated carbocycles. The van der Waals surface area contributed by atoms with E-state index < -0.39 is 15.9 Å². The van der Waals surface area contributed by atoms with E-state index in [1.165, 1.54) is 10.5 Å². The summed E-state index contributed by atoms with van der Waals surface area (Å²) < 4.78 is 26.7. The van der Waals surface area contributed by atoms with Gasteiger partial charge in [0.1, 0.15) is 0 Å². The first kappa shape index (κ1) is 15.4. The Hall–Kier alpha value is -1.03. The molecule has 112 valence electrons. The summed E-state index contributed by atoms with van der Waals surface area (Å²) in [6.07, 6.45) is 2.68. The number of thiazole rings is 1. The minimum atomic E-state index is -3.71. The SMILES string of the molecule is Cc1ncc(S(=O)(=O)N(CC(N)=O)C2CCNCC2)s1. The number of rotatable bonds is 5. The number of hydrogen-bond acceptors (Lipinski definition) is 6. The first-order valence-electron chi connectivity index (χ1n) is 6.34. The maximum Gasteiger partial charge on any atom is 0.254 e. The van der Waals surface area contributed by atoms with Gasteiger partial charge in [0.15, 0.2) is 4.21 Å². The summed E-state index contributed by atoms with van der Waals surface area (Å²) in [6, 6.07) is -0.198. The van der Waals surface area contributed by atoms with Gasteiger partial charge in [0.2, 0.25) is 5.91 Å². The van der Waals surface area contributed by atoms with Crippen LogP contribution >= 0.6 is 11.3 Å². The standard InChI is InChI=1S/C11H18N4O3S2/c1-8-14-6-11(19-8)20(17,18)15(7-10(12)16)9-2-4-13-5-3-9/h6,9,13H,2-5,7H2,1H3,(H2,12,16). The number of nitrogens with one attached hydrogen (secondary N) is 1. The van der Waals surface area contributed by atoms with E-state index in [0.717, 1.165) is 24.4 Å². The van der Waals surface area contributed by atoms with Crippen LogP contribution in [0.25, 0.3) is 0 Å². The van der Waals surface area contributed by atoms with Crippen LogP contribution in [0.5, 0.6) is 0 Å². The second-order valence-corrected chi connectivity index (χ2v) is 8.05. The van der Waals surface area contributed by atoms with Crippen molar-refractivity contribution >= 4 is 27.3 Å². The van der Waals surface area contributed by atoms with Crippen molar-refractivity contribution in [3.63, 3.8) is 0 Å². The molecule has 1 fully saturated rings. The van der Waals surface area contributed by atoms with Gasteiger partial charge in [-0.3, -0.25) is 4.79 Å². The topological polar surface area (TPSA) is 105 Å². The summed E-state index contributed by atoms with van der Waals surface area (Å²) in [4.78, 5) is 15.2. The van der Waals surface area contributed by atoms with Crippen molar-refractivity contribution in [2.75, 3.05) is 19.6 Å². The monoisotopic (exact) mass is 318 g/mol. The Kier molecular flexibility index (Phi) is 4.74. The maximum absolute atomic E-state index is 12.6. The van der Waals surface area contributed by atoms with Crippen LogP contribution < -0.4 is 11.1 Å². The van der Waals surface area contributed by atoms with Gasteiger partial charge < -0.3 is 11.1 Å². The summed E-state index contributed by atoms with van der Waals surface area (Å²) in [5, 5.41) is 3.84. The van der Waals surface area contributed by atoms with Gasteiger partial charge in [-0.05, 0) is 32.9 Å². The Bertz CT molecular complexity index is 578. The first-order chi connectivity index (χ1) is 9.41. The molecule has 0 unspecified atom stereocenters. The third-order valence-corrected chi connectivity index (χ3v) is 6.44. The number of piperidine rings is 1. The molecule has 0 bridgehead atoms. The van der Waals surface area contributed by atoms with Crippen LogP contribution in [0.2, 0.25) is 0 Å². The van der Waals surface area contributed by atoms with Crippen LogP contribution in [0.1, 0.15) is 17.8 Å². The molecular formula is C11H18N4O3S2. The molecule has 2 rings (SSSR count). The van der Waals surface area contributed by atoms with Gasteiger partial charge >= 0.3 is 0 Å². The molecule has 1 aliphatic heterocycles. The predicted octanol–water partition coefficient (Wildman–Crippen LogP) is -0.320. The van der Waals surface area contributed by atoms with Crippen molar-refractivity contribution in [3.8, 4) is 0 Å². The van der Waals surface area contributed by atoms with Crippen LogP contribution in [-0.2, 0) is 14.8 Å². The highest BCUT2D eigenvalue weighted by molar-refractivity contribution is 7.91. The quantitative estimate of drug-likeness (QED) is 0.774. The van der Waals surface area contributed by atoms with Crippen molar-refractivity contribution in [1.82, 2.24) is 14.6 Å². The largest absolute Gasteiger partial charge is 0.369 e. The van der Waals surface area contributed by atoms with Crippen molar-refractivity contribution in [1.29, 1.82) is 0 Å². The lowest BCUT2D eigenvalue weighted by Gasteiger charge is -2.32. The van der Waals surface area contributed by atoms with Crippen LogP contribution in [0.15, 0.2) is 10.4 Å². The predicted molar refractivity (Wildman–Crippen MR) is 75.8 cm³/mol. The van der Waals surface area contributed by atoms with E-state index in [1.54, 1.807) is 6.92 Å². The number of nitrogens with two attached hydrogens (primary N) is 1. The van der Waals surface area contributed by atoms with Crippen molar-refractivity contribution in [2.45, 2.75) is 30.0 Å². The highest BCUT2D eigenvalue weighted by atomic mass is 32.2.